The van der Waals surface area contributed by atoms with Crippen molar-refractivity contribution >= 4 is 17.8 Å². The summed E-state index contributed by atoms with van der Waals surface area (Å²) in [6, 6.07) is 0. The van der Waals surface area contributed by atoms with Crippen LogP contribution < -0.4 is 21.5 Å². The molecule has 0 unspecified atom stereocenters. The van der Waals surface area contributed by atoms with Crippen molar-refractivity contribution in [2.45, 2.75) is 25.7 Å². The summed E-state index contributed by atoms with van der Waals surface area (Å²) < 4.78 is 5.58. The van der Waals surface area contributed by atoms with Crippen LogP contribution in [0.2, 0.25) is 0 Å². The minimum atomic E-state index is 0.383. The van der Waals surface area contributed by atoms with Crippen molar-refractivity contribution in [2.75, 3.05) is 48.5 Å². The largest absolute Gasteiger partial charge is 0.379 e. The summed E-state index contributed by atoms with van der Waals surface area (Å²) in [5.74, 6) is 7.82. The SMILES string of the molecule is NNc1nc(NCCOCC2CC2)nc(N2CCCC2)n1. The molecule has 1 saturated heterocycles. The van der Waals surface area contributed by atoms with Gasteiger partial charge in [-0.05, 0) is 31.6 Å². The van der Waals surface area contributed by atoms with Gasteiger partial charge < -0.3 is 15.0 Å². The van der Waals surface area contributed by atoms with Gasteiger partial charge in [-0.2, -0.15) is 15.0 Å². The normalized spacial score (nSPS) is 18.0. The molecule has 116 valence electrons. The standard InChI is InChI=1S/C13H23N7O/c14-19-12-16-11(15-5-8-21-9-10-3-4-10)17-13(18-12)20-6-1-2-7-20/h10H,1-9,14H2,(H2,15,16,17,18,19). The Hall–Kier alpha value is -1.67. The zero-order chi connectivity index (χ0) is 14.5. The van der Waals surface area contributed by atoms with Crippen LogP contribution in [0.5, 0.6) is 0 Å². The number of aromatic nitrogens is 3. The predicted molar refractivity (Wildman–Crippen MR) is 81.1 cm³/mol. The molecule has 2 heterocycles. The van der Waals surface area contributed by atoms with E-state index < -0.39 is 0 Å². The molecule has 0 atom stereocenters. The fraction of sp³-hybridized carbons (Fsp3) is 0.769. The monoisotopic (exact) mass is 293 g/mol. The molecule has 1 aromatic rings. The van der Waals surface area contributed by atoms with Crippen molar-refractivity contribution < 1.29 is 4.74 Å². The average Bonchev–Trinajstić information content (AvgIpc) is 3.17. The van der Waals surface area contributed by atoms with Crippen LogP contribution in [0, 0.1) is 5.92 Å². The Morgan fingerprint density at radius 1 is 1.14 bits per heavy atom. The van der Waals surface area contributed by atoms with Crippen LogP contribution in [-0.2, 0) is 4.74 Å². The molecule has 0 spiro atoms. The number of hydrogen-bond donors (Lipinski definition) is 3. The van der Waals surface area contributed by atoms with Crippen LogP contribution in [0.15, 0.2) is 0 Å². The van der Waals surface area contributed by atoms with E-state index in [4.69, 9.17) is 10.6 Å². The zero-order valence-electron chi connectivity index (χ0n) is 12.2. The third-order valence-electron chi connectivity index (χ3n) is 3.72. The van der Waals surface area contributed by atoms with Crippen molar-refractivity contribution in [1.82, 2.24) is 15.0 Å². The van der Waals surface area contributed by atoms with Gasteiger partial charge >= 0.3 is 0 Å². The Morgan fingerprint density at radius 2 is 1.90 bits per heavy atom. The Bertz CT molecular complexity index is 460. The lowest BCUT2D eigenvalue weighted by Crippen LogP contribution is -2.23. The number of ether oxygens (including phenoxy) is 1. The summed E-state index contributed by atoms with van der Waals surface area (Å²) in [6.07, 6.45) is 4.97. The number of anilines is 3. The van der Waals surface area contributed by atoms with E-state index in [1.165, 1.54) is 25.7 Å². The first-order chi connectivity index (χ1) is 10.3. The molecule has 21 heavy (non-hydrogen) atoms. The Morgan fingerprint density at radius 3 is 2.62 bits per heavy atom. The number of hydrazine groups is 1. The summed E-state index contributed by atoms with van der Waals surface area (Å²) in [5, 5.41) is 3.17. The summed E-state index contributed by atoms with van der Waals surface area (Å²) in [6.45, 7) is 4.18. The highest BCUT2D eigenvalue weighted by Crippen LogP contribution is 2.28. The van der Waals surface area contributed by atoms with Crippen LogP contribution in [0.4, 0.5) is 17.8 Å². The van der Waals surface area contributed by atoms with E-state index in [1.807, 2.05) is 0 Å². The summed E-state index contributed by atoms with van der Waals surface area (Å²) in [7, 11) is 0. The van der Waals surface area contributed by atoms with Gasteiger partial charge in [0, 0.05) is 26.2 Å². The predicted octanol–water partition coefficient (Wildman–Crippen LogP) is 0.596. The molecule has 1 saturated carbocycles. The first-order valence-corrected chi connectivity index (χ1v) is 7.64. The fourth-order valence-electron chi connectivity index (χ4n) is 2.34. The highest BCUT2D eigenvalue weighted by atomic mass is 16.5. The number of rotatable bonds is 8. The number of nitrogens with zero attached hydrogens (tertiary/aromatic N) is 4. The lowest BCUT2D eigenvalue weighted by Gasteiger charge is -2.16. The van der Waals surface area contributed by atoms with Crippen molar-refractivity contribution in [3.8, 4) is 0 Å². The molecule has 8 nitrogen and oxygen atoms in total. The van der Waals surface area contributed by atoms with Crippen LogP contribution in [0.1, 0.15) is 25.7 Å². The van der Waals surface area contributed by atoms with Crippen LogP contribution >= 0.6 is 0 Å². The average molecular weight is 293 g/mol. The lowest BCUT2D eigenvalue weighted by molar-refractivity contribution is 0.133. The molecule has 1 aromatic heterocycles. The summed E-state index contributed by atoms with van der Waals surface area (Å²) >= 11 is 0. The van der Waals surface area contributed by atoms with Crippen LogP contribution in [0.25, 0.3) is 0 Å². The maximum Gasteiger partial charge on any atom is 0.243 e. The third-order valence-corrected chi connectivity index (χ3v) is 3.72. The van der Waals surface area contributed by atoms with Gasteiger partial charge in [0.2, 0.25) is 17.8 Å². The molecule has 0 bridgehead atoms. The van der Waals surface area contributed by atoms with Gasteiger partial charge in [0.25, 0.3) is 0 Å². The van der Waals surface area contributed by atoms with Crippen molar-refractivity contribution in [1.29, 1.82) is 0 Å². The number of hydrogen-bond acceptors (Lipinski definition) is 8. The summed E-state index contributed by atoms with van der Waals surface area (Å²) in [5.41, 5.74) is 2.50. The second kappa shape index (κ2) is 6.86. The van der Waals surface area contributed by atoms with Gasteiger partial charge in [0.1, 0.15) is 0 Å². The van der Waals surface area contributed by atoms with E-state index in [9.17, 15) is 0 Å². The molecule has 0 aromatic carbocycles. The molecule has 0 radical (unpaired) electrons. The number of nitrogens with two attached hydrogens (primary N) is 1. The van der Waals surface area contributed by atoms with E-state index in [2.05, 4.69) is 30.6 Å². The molecule has 4 N–H and O–H groups in total. The smallest absolute Gasteiger partial charge is 0.243 e. The minimum absolute atomic E-state index is 0.383. The topological polar surface area (TPSA) is 101 Å². The van der Waals surface area contributed by atoms with Gasteiger partial charge in [0.05, 0.1) is 6.61 Å². The molecule has 8 heteroatoms. The van der Waals surface area contributed by atoms with Gasteiger partial charge in [-0.1, -0.05) is 0 Å². The molecular weight excluding hydrogens is 270 g/mol. The second-order valence-electron chi connectivity index (χ2n) is 5.57. The van der Waals surface area contributed by atoms with E-state index in [0.717, 1.165) is 25.6 Å². The lowest BCUT2D eigenvalue weighted by atomic mass is 10.4. The molecule has 3 rings (SSSR count). The quantitative estimate of drug-likeness (QED) is 0.364. The Labute approximate surface area is 124 Å². The van der Waals surface area contributed by atoms with Gasteiger partial charge in [-0.15, -0.1) is 0 Å². The molecule has 1 aliphatic heterocycles. The van der Waals surface area contributed by atoms with E-state index in [-0.39, 0.29) is 0 Å². The fourth-order valence-corrected chi connectivity index (χ4v) is 2.34. The number of nitrogens with one attached hydrogen (secondary N) is 2. The number of nitrogen functional groups attached to an aromatic ring is 1. The molecular formula is C13H23N7O. The van der Waals surface area contributed by atoms with E-state index >= 15 is 0 Å². The van der Waals surface area contributed by atoms with Gasteiger partial charge in [-0.25, -0.2) is 5.84 Å². The first kappa shape index (κ1) is 14.3. The summed E-state index contributed by atoms with van der Waals surface area (Å²) in [4.78, 5) is 15.1. The van der Waals surface area contributed by atoms with E-state index in [1.54, 1.807) is 0 Å². The third kappa shape index (κ3) is 4.15. The molecule has 2 aliphatic rings. The van der Waals surface area contributed by atoms with Crippen LogP contribution in [-0.4, -0.2) is 47.8 Å². The van der Waals surface area contributed by atoms with Crippen LogP contribution in [0.3, 0.4) is 0 Å². The highest BCUT2D eigenvalue weighted by molar-refractivity contribution is 5.43. The minimum Gasteiger partial charge on any atom is -0.379 e. The maximum atomic E-state index is 5.58. The van der Waals surface area contributed by atoms with Crippen molar-refractivity contribution in [2.24, 2.45) is 11.8 Å². The second-order valence-corrected chi connectivity index (χ2v) is 5.57. The maximum absolute atomic E-state index is 5.58. The van der Waals surface area contributed by atoms with Crippen molar-refractivity contribution in [3.05, 3.63) is 0 Å². The zero-order valence-corrected chi connectivity index (χ0v) is 12.2. The van der Waals surface area contributed by atoms with Gasteiger partial charge in [-0.3, -0.25) is 5.43 Å². The molecule has 2 fully saturated rings. The first-order valence-electron chi connectivity index (χ1n) is 7.64. The Balaban J connectivity index is 1.53. The molecule has 1 aliphatic carbocycles. The van der Waals surface area contributed by atoms with Crippen molar-refractivity contribution in [3.63, 3.8) is 0 Å². The highest BCUT2D eigenvalue weighted by Gasteiger charge is 2.21. The van der Waals surface area contributed by atoms with E-state index in [0.29, 0.717) is 31.0 Å². The van der Waals surface area contributed by atoms with Gasteiger partial charge in [0.15, 0.2) is 0 Å². The Kier molecular flexibility index (Phi) is 4.66. The molecule has 0 amide bonds.